The Morgan fingerprint density at radius 3 is 3.19 bits per heavy atom. The van der Waals surface area contributed by atoms with Gasteiger partial charge in [-0.2, -0.15) is 0 Å². The van der Waals surface area contributed by atoms with Crippen LogP contribution in [-0.2, 0) is 11.2 Å². The first-order chi connectivity index (χ1) is 7.85. The van der Waals surface area contributed by atoms with Gasteiger partial charge >= 0.3 is 0 Å². The van der Waals surface area contributed by atoms with E-state index < -0.39 is 0 Å². The molecule has 0 N–H and O–H groups in total. The summed E-state index contributed by atoms with van der Waals surface area (Å²) in [6.07, 6.45) is 2.54. The van der Waals surface area contributed by atoms with Crippen molar-refractivity contribution < 1.29 is 4.74 Å². The second-order valence-electron chi connectivity index (χ2n) is 3.80. The maximum absolute atomic E-state index is 5.93. The van der Waals surface area contributed by atoms with Crippen molar-refractivity contribution in [3.8, 4) is 0 Å². The Labute approximate surface area is 101 Å². The van der Waals surface area contributed by atoms with Crippen LogP contribution in [0.15, 0.2) is 12.4 Å². The lowest BCUT2D eigenvalue weighted by molar-refractivity contribution is 0.0993. The molecule has 5 heteroatoms. The highest BCUT2D eigenvalue weighted by Crippen LogP contribution is 2.18. The second-order valence-corrected chi connectivity index (χ2v) is 4.11. The molecule has 1 atom stereocenters. The molecule has 0 spiro atoms. The summed E-state index contributed by atoms with van der Waals surface area (Å²) in [5.74, 6) is 1.52. The van der Waals surface area contributed by atoms with Crippen molar-refractivity contribution in [2.75, 3.05) is 30.5 Å². The van der Waals surface area contributed by atoms with Gasteiger partial charge < -0.3 is 9.64 Å². The van der Waals surface area contributed by atoms with Crippen LogP contribution < -0.4 is 4.90 Å². The fraction of sp³-hybridized carbons (Fsp3) is 0.636. The number of aryl methyl sites for hydroxylation is 1. The molecule has 1 aromatic heterocycles. The Morgan fingerprint density at radius 1 is 1.56 bits per heavy atom. The van der Waals surface area contributed by atoms with Crippen LogP contribution in [0.25, 0.3) is 0 Å². The molecule has 16 heavy (non-hydrogen) atoms. The van der Waals surface area contributed by atoms with Gasteiger partial charge in [-0.1, -0.05) is 6.92 Å². The van der Waals surface area contributed by atoms with Gasteiger partial charge in [-0.3, -0.25) is 0 Å². The average molecular weight is 242 g/mol. The maximum Gasteiger partial charge on any atom is 0.132 e. The topological polar surface area (TPSA) is 38.2 Å². The highest BCUT2D eigenvalue weighted by atomic mass is 35.5. The number of ether oxygens (including phenoxy) is 1. The minimum atomic E-state index is 0.218. The van der Waals surface area contributed by atoms with E-state index in [9.17, 15) is 0 Å². The number of halogens is 1. The molecule has 0 bridgehead atoms. The predicted octanol–water partition coefficient (Wildman–Crippen LogP) is 1.48. The van der Waals surface area contributed by atoms with E-state index in [4.69, 9.17) is 16.3 Å². The van der Waals surface area contributed by atoms with Crippen molar-refractivity contribution in [3.05, 3.63) is 18.1 Å². The van der Waals surface area contributed by atoms with Crippen molar-refractivity contribution in [3.63, 3.8) is 0 Å². The lowest BCUT2D eigenvalue weighted by Gasteiger charge is -2.35. The lowest BCUT2D eigenvalue weighted by atomic mass is 10.2. The average Bonchev–Trinajstić information content (AvgIpc) is 2.38. The fourth-order valence-corrected chi connectivity index (χ4v) is 2.08. The molecular weight excluding hydrogens is 226 g/mol. The minimum Gasteiger partial charge on any atom is -0.377 e. The minimum absolute atomic E-state index is 0.218. The normalized spacial score (nSPS) is 21.1. The first-order valence-electron chi connectivity index (χ1n) is 5.56. The van der Waals surface area contributed by atoms with Gasteiger partial charge in [-0.25, -0.2) is 9.97 Å². The molecule has 1 fully saturated rings. The van der Waals surface area contributed by atoms with Gasteiger partial charge in [0.25, 0.3) is 0 Å². The van der Waals surface area contributed by atoms with Crippen molar-refractivity contribution >= 4 is 17.4 Å². The molecular formula is C11H16ClN3O. The molecule has 88 valence electrons. The first kappa shape index (κ1) is 11.6. The molecule has 1 unspecified atom stereocenters. The number of hydrogen-bond donors (Lipinski definition) is 0. The molecule has 2 rings (SSSR count). The molecule has 1 aliphatic rings. The predicted molar refractivity (Wildman–Crippen MR) is 64.1 cm³/mol. The van der Waals surface area contributed by atoms with E-state index in [0.717, 1.165) is 31.1 Å². The molecule has 0 radical (unpaired) electrons. The first-order valence-corrected chi connectivity index (χ1v) is 6.10. The summed E-state index contributed by atoms with van der Waals surface area (Å²) in [6, 6.07) is 2.25. The Bertz CT molecular complexity index is 348. The third-order valence-electron chi connectivity index (χ3n) is 2.77. The van der Waals surface area contributed by atoms with Crippen LogP contribution in [0, 0.1) is 0 Å². The molecule has 0 saturated carbocycles. The van der Waals surface area contributed by atoms with Crippen LogP contribution in [0.1, 0.15) is 12.6 Å². The Hall–Kier alpha value is -0.870. The third kappa shape index (κ3) is 2.44. The van der Waals surface area contributed by atoms with Crippen LogP contribution in [0.2, 0.25) is 0 Å². The van der Waals surface area contributed by atoms with Crippen molar-refractivity contribution in [2.45, 2.75) is 19.4 Å². The highest BCUT2D eigenvalue weighted by molar-refractivity contribution is 6.18. The summed E-state index contributed by atoms with van der Waals surface area (Å²) >= 11 is 5.93. The smallest absolute Gasteiger partial charge is 0.132 e. The summed E-state index contributed by atoms with van der Waals surface area (Å²) in [4.78, 5) is 10.7. The van der Waals surface area contributed by atoms with E-state index >= 15 is 0 Å². The molecule has 2 heterocycles. The standard InChI is InChI=1S/C11H16ClN3O/c1-2-9-5-11(14-8-13-9)15-3-4-16-7-10(15)6-12/h5,8,10H,2-4,6-7H2,1H3. The molecule has 0 aliphatic carbocycles. The van der Waals surface area contributed by atoms with E-state index in [-0.39, 0.29) is 6.04 Å². The third-order valence-corrected chi connectivity index (χ3v) is 3.13. The van der Waals surface area contributed by atoms with E-state index in [1.54, 1.807) is 6.33 Å². The maximum atomic E-state index is 5.93. The van der Waals surface area contributed by atoms with Crippen LogP contribution in [0.4, 0.5) is 5.82 Å². The monoisotopic (exact) mass is 241 g/mol. The van der Waals surface area contributed by atoms with Crippen LogP contribution in [0.3, 0.4) is 0 Å². The van der Waals surface area contributed by atoms with Gasteiger partial charge in [-0.05, 0) is 6.42 Å². The van der Waals surface area contributed by atoms with Gasteiger partial charge in [-0.15, -0.1) is 11.6 Å². The van der Waals surface area contributed by atoms with Crippen molar-refractivity contribution in [1.29, 1.82) is 0 Å². The fourth-order valence-electron chi connectivity index (χ4n) is 1.82. The zero-order valence-electron chi connectivity index (χ0n) is 9.40. The van der Waals surface area contributed by atoms with Gasteiger partial charge in [0, 0.05) is 24.2 Å². The van der Waals surface area contributed by atoms with Gasteiger partial charge in [0.2, 0.25) is 0 Å². The van der Waals surface area contributed by atoms with Crippen molar-refractivity contribution in [1.82, 2.24) is 9.97 Å². The summed E-state index contributed by atoms with van der Waals surface area (Å²) in [5, 5.41) is 0. The van der Waals surface area contributed by atoms with E-state index in [1.165, 1.54) is 0 Å². The Balaban J connectivity index is 2.20. The highest BCUT2D eigenvalue weighted by Gasteiger charge is 2.23. The number of aromatic nitrogens is 2. The quantitative estimate of drug-likeness (QED) is 0.752. The zero-order chi connectivity index (χ0) is 11.4. The Kier molecular flexibility index (Phi) is 3.96. The number of anilines is 1. The largest absolute Gasteiger partial charge is 0.377 e. The van der Waals surface area contributed by atoms with Crippen molar-refractivity contribution in [2.24, 2.45) is 0 Å². The number of hydrogen-bond acceptors (Lipinski definition) is 4. The summed E-state index contributed by atoms with van der Waals surface area (Å²) in [7, 11) is 0. The van der Waals surface area contributed by atoms with Crippen LogP contribution in [-0.4, -0.2) is 41.6 Å². The molecule has 1 aromatic rings. The molecule has 0 amide bonds. The molecule has 1 aliphatic heterocycles. The molecule has 1 saturated heterocycles. The second kappa shape index (κ2) is 5.46. The van der Waals surface area contributed by atoms with Crippen LogP contribution in [0.5, 0.6) is 0 Å². The number of morpholine rings is 1. The van der Waals surface area contributed by atoms with E-state index in [2.05, 4.69) is 21.8 Å². The molecule has 4 nitrogen and oxygen atoms in total. The number of nitrogens with zero attached hydrogens (tertiary/aromatic N) is 3. The molecule has 0 aromatic carbocycles. The summed E-state index contributed by atoms with van der Waals surface area (Å²) in [5.41, 5.74) is 1.06. The summed E-state index contributed by atoms with van der Waals surface area (Å²) in [6.45, 7) is 4.34. The number of alkyl halides is 1. The van der Waals surface area contributed by atoms with E-state index in [0.29, 0.717) is 12.5 Å². The lowest BCUT2D eigenvalue weighted by Crippen LogP contribution is -2.47. The van der Waals surface area contributed by atoms with Gasteiger partial charge in [0.1, 0.15) is 12.1 Å². The summed E-state index contributed by atoms with van der Waals surface area (Å²) < 4.78 is 5.41. The van der Waals surface area contributed by atoms with Crippen LogP contribution >= 0.6 is 11.6 Å². The van der Waals surface area contributed by atoms with Gasteiger partial charge in [0.05, 0.1) is 19.3 Å². The Morgan fingerprint density at radius 2 is 2.44 bits per heavy atom. The zero-order valence-corrected chi connectivity index (χ0v) is 10.2. The van der Waals surface area contributed by atoms with E-state index in [1.807, 2.05) is 6.07 Å². The van der Waals surface area contributed by atoms with Gasteiger partial charge in [0.15, 0.2) is 0 Å². The number of rotatable bonds is 3. The SMILES string of the molecule is CCc1cc(N2CCOCC2CCl)ncn1.